The number of carbonyl (C=O) groups is 2. The van der Waals surface area contributed by atoms with Gasteiger partial charge in [-0.2, -0.15) is 5.10 Å². The minimum absolute atomic E-state index is 0.0146. The molecule has 1 N–H and O–H groups in total. The summed E-state index contributed by atoms with van der Waals surface area (Å²) < 4.78 is 1.79. The van der Waals surface area contributed by atoms with E-state index in [4.69, 9.17) is 0 Å². The monoisotopic (exact) mass is 340 g/mol. The topological polar surface area (TPSA) is 67.2 Å². The van der Waals surface area contributed by atoms with Crippen LogP contribution in [0.15, 0.2) is 42.7 Å². The molecule has 0 saturated carbocycles. The third-order valence-electron chi connectivity index (χ3n) is 4.57. The number of benzene rings is 1. The van der Waals surface area contributed by atoms with E-state index >= 15 is 0 Å². The molecule has 1 aliphatic heterocycles. The van der Waals surface area contributed by atoms with Crippen LogP contribution in [-0.4, -0.2) is 34.2 Å². The van der Waals surface area contributed by atoms with Gasteiger partial charge in [-0.3, -0.25) is 14.3 Å². The summed E-state index contributed by atoms with van der Waals surface area (Å²) in [6, 6.07) is 9.71. The fourth-order valence-corrected chi connectivity index (χ4v) is 3.28. The van der Waals surface area contributed by atoms with Crippen LogP contribution in [0.1, 0.15) is 25.8 Å². The molecule has 3 rings (SSSR count). The molecule has 0 radical (unpaired) electrons. The van der Waals surface area contributed by atoms with Crippen LogP contribution in [0.3, 0.4) is 0 Å². The summed E-state index contributed by atoms with van der Waals surface area (Å²) >= 11 is 0. The highest BCUT2D eigenvalue weighted by Gasteiger charge is 2.36. The van der Waals surface area contributed by atoms with Crippen molar-refractivity contribution in [2.75, 3.05) is 11.4 Å². The Morgan fingerprint density at radius 1 is 1.36 bits per heavy atom. The molecular weight excluding hydrogens is 316 g/mol. The number of nitrogens with one attached hydrogen (secondary N) is 1. The molecule has 1 aromatic heterocycles. The van der Waals surface area contributed by atoms with Crippen molar-refractivity contribution in [3.8, 4) is 0 Å². The molecule has 0 spiro atoms. The van der Waals surface area contributed by atoms with Gasteiger partial charge in [-0.1, -0.05) is 25.1 Å². The van der Waals surface area contributed by atoms with Crippen molar-refractivity contribution in [3.63, 3.8) is 0 Å². The first-order valence-corrected chi connectivity index (χ1v) is 8.74. The van der Waals surface area contributed by atoms with E-state index in [0.29, 0.717) is 13.1 Å². The first-order valence-electron chi connectivity index (χ1n) is 8.74. The van der Waals surface area contributed by atoms with Crippen LogP contribution in [0.25, 0.3) is 0 Å². The van der Waals surface area contributed by atoms with E-state index in [9.17, 15) is 9.59 Å². The Hall–Kier alpha value is -2.63. The second-order valence-electron chi connectivity index (χ2n) is 6.53. The molecule has 2 heterocycles. The van der Waals surface area contributed by atoms with Crippen molar-refractivity contribution in [3.05, 3.63) is 48.3 Å². The number of aromatic nitrogens is 2. The molecule has 1 fully saturated rings. The number of rotatable bonds is 6. The van der Waals surface area contributed by atoms with Crippen LogP contribution >= 0.6 is 0 Å². The van der Waals surface area contributed by atoms with E-state index in [0.717, 1.165) is 17.7 Å². The van der Waals surface area contributed by atoms with Gasteiger partial charge in [-0.25, -0.2) is 0 Å². The molecule has 25 heavy (non-hydrogen) atoms. The number of carbonyl (C=O) groups excluding carboxylic acids is 2. The average Bonchev–Trinajstić information content (AvgIpc) is 3.24. The van der Waals surface area contributed by atoms with E-state index in [1.807, 2.05) is 43.5 Å². The molecule has 6 nitrogen and oxygen atoms in total. The van der Waals surface area contributed by atoms with Crippen LogP contribution in [0.2, 0.25) is 0 Å². The zero-order chi connectivity index (χ0) is 17.8. The third-order valence-corrected chi connectivity index (χ3v) is 4.57. The highest BCUT2D eigenvalue weighted by molar-refractivity contribution is 6.00. The maximum atomic E-state index is 12.5. The lowest BCUT2D eigenvalue weighted by molar-refractivity contribution is -0.126. The van der Waals surface area contributed by atoms with Gasteiger partial charge in [-0.15, -0.1) is 0 Å². The molecule has 0 bridgehead atoms. The smallest absolute Gasteiger partial charge is 0.227 e. The van der Waals surface area contributed by atoms with E-state index in [1.165, 1.54) is 0 Å². The zero-order valence-corrected chi connectivity index (χ0v) is 14.7. The largest absolute Gasteiger partial charge is 0.351 e. The Morgan fingerprint density at radius 2 is 2.16 bits per heavy atom. The fourth-order valence-electron chi connectivity index (χ4n) is 3.28. The Labute approximate surface area is 147 Å². The molecule has 1 saturated heterocycles. The van der Waals surface area contributed by atoms with Gasteiger partial charge in [0.1, 0.15) is 0 Å². The second kappa shape index (κ2) is 7.51. The number of hydrogen-bond acceptors (Lipinski definition) is 3. The molecule has 2 aromatic rings. The Bertz CT molecular complexity index is 742. The Morgan fingerprint density at radius 3 is 2.88 bits per heavy atom. The predicted octanol–water partition coefficient (Wildman–Crippen LogP) is 2.00. The zero-order valence-electron chi connectivity index (χ0n) is 14.7. The quantitative estimate of drug-likeness (QED) is 0.875. The molecule has 1 aliphatic rings. The summed E-state index contributed by atoms with van der Waals surface area (Å²) in [5, 5.41) is 7.15. The highest BCUT2D eigenvalue weighted by atomic mass is 16.2. The lowest BCUT2D eigenvalue weighted by Gasteiger charge is -2.20. The number of anilines is 1. The van der Waals surface area contributed by atoms with Crippen LogP contribution in [0.5, 0.6) is 0 Å². The SMILES string of the molecule is CCc1ccccc1N1C[C@@H](C(=O)N[C@@H](C)Cn2cccn2)CC1=O. The average molecular weight is 340 g/mol. The van der Waals surface area contributed by atoms with Crippen molar-refractivity contribution in [1.29, 1.82) is 0 Å². The van der Waals surface area contributed by atoms with Crippen LogP contribution < -0.4 is 10.2 Å². The fraction of sp³-hybridized carbons (Fsp3) is 0.421. The summed E-state index contributed by atoms with van der Waals surface area (Å²) in [4.78, 5) is 26.7. The number of amides is 2. The van der Waals surface area contributed by atoms with Gasteiger partial charge in [0.25, 0.3) is 0 Å². The van der Waals surface area contributed by atoms with Gasteiger partial charge in [0.05, 0.1) is 12.5 Å². The highest BCUT2D eigenvalue weighted by Crippen LogP contribution is 2.28. The Balaban J connectivity index is 1.62. The van der Waals surface area contributed by atoms with E-state index in [-0.39, 0.29) is 30.2 Å². The third kappa shape index (κ3) is 3.90. The molecule has 2 amide bonds. The van der Waals surface area contributed by atoms with Crippen molar-refractivity contribution in [2.24, 2.45) is 5.92 Å². The minimum atomic E-state index is -0.308. The number of hydrogen-bond donors (Lipinski definition) is 1. The lowest BCUT2D eigenvalue weighted by Crippen LogP contribution is -2.40. The lowest BCUT2D eigenvalue weighted by atomic mass is 10.1. The minimum Gasteiger partial charge on any atom is -0.351 e. The van der Waals surface area contributed by atoms with E-state index < -0.39 is 0 Å². The van der Waals surface area contributed by atoms with Gasteiger partial charge in [0, 0.05) is 37.1 Å². The number of nitrogens with zero attached hydrogens (tertiary/aromatic N) is 3. The normalized spacial score (nSPS) is 18.4. The maximum Gasteiger partial charge on any atom is 0.227 e. The van der Waals surface area contributed by atoms with E-state index in [1.54, 1.807) is 15.8 Å². The molecule has 132 valence electrons. The van der Waals surface area contributed by atoms with Crippen LogP contribution in [0.4, 0.5) is 5.69 Å². The first-order chi connectivity index (χ1) is 12.1. The van der Waals surface area contributed by atoms with E-state index in [2.05, 4.69) is 17.3 Å². The van der Waals surface area contributed by atoms with Crippen molar-refractivity contribution in [1.82, 2.24) is 15.1 Å². The predicted molar refractivity (Wildman–Crippen MR) is 96.1 cm³/mol. The standard InChI is InChI=1S/C19H24N4O2/c1-3-15-7-4-5-8-17(15)23-13-16(11-18(23)24)19(25)21-14(2)12-22-10-6-9-20-22/h4-10,14,16H,3,11-13H2,1-2H3,(H,21,25)/t14-,16-/m0/s1. The molecule has 0 aliphatic carbocycles. The van der Waals surface area contributed by atoms with Gasteiger partial charge in [0.2, 0.25) is 11.8 Å². The maximum absolute atomic E-state index is 12.5. The van der Waals surface area contributed by atoms with Crippen LogP contribution in [-0.2, 0) is 22.6 Å². The van der Waals surface area contributed by atoms with Crippen molar-refractivity contribution < 1.29 is 9.59 Å². The van der Waals surface area contributed by atoms with Gasteiger partial charge in [0.15, 0.2) is 0 Å². The first kappa shape index (κ1) is 17.2. The Kier molecular flexibility index (Phi) is 5.16. The molecular formula is C19H24N4O2. The number of para-hydroxylation sites is 1. The molecule has 0 unspecified atom stereocenters. The van der Waals surface area contributed by atoms with Crippen LogP contribution in [0, 0.1) is 5.92 Å². The van der Waals surface area contributed by atoms with Crippen molar-refractivity contribution in [2.45, 2.75) is 39.3 Å². The number of aryl methyl sites for hydroxylation is 1. The molecule has 6 heteroatoms. The van der Waals surface area contributed by atoms with Crippen molar-refractivity contribution >= 4 is 17.5 Å². The summed E-state index contributed by atoms with van der Waals surface area (Å²) in [6.07, 6.45) is 4.70. The summed E-state index contributed by atoms with van der Waals surface area (Å²) in [5.41, 5.74) is 2.05. The summed E-state index contributed by atoms with van der Waals surface area (Å²) in [6.45, 7) is 5.07. The van der Waals surface area contributed by atoms with Gasteiger partial charge >= 0.3 is 0 Å². The summed E-state index contributed by atoms with van der Waals surface area (Å²) in [5.74, 6) is -0.359. The molecule has 2 atom stereocenters. The van der Waals surface area contributed by atoms with Gasteiger partial charge in [-0.05, 0) is 31.0 Å². The second-order valence-corrected chi connectivity index (χ2v) is 6.53. The summed E-state index contributed by atoms with van der Waals surface area (Å²) in [7, 11) is 0. The molecule has 1 aromatic carbocycles. The van der Waals surface area contributed by atoms with Gasteiger partial charge < -0.3 is 10.2 Å².